The third kappa shape index (κ3) is 5.87. The van der Waals surface area contributed by atoms with Crippen LogP contribution in [-0.2, 0) is 6.54 Å². The number of piperazine rings is 1. The number of nitrogens with one attached hydrogen (secondary N) is 1. The molecule has 0 aromatic carbocycles. The number of hydrogen-bond acceptors (Lipinski definition) is 4. The average molecular weight is 488 g/mol. The van der Waals surface area contributed by atoms with Crippen molar-refractivity contribution in [3.63, 3.8) is 0 Å². The van der Waals surface area contributed by atoms with Gasteiger partial charge in [-0.05, 0) is 43.3 Å². The van der Waals surface area contributed by atoms with Gasteiger partial charge >= 0.3 is 0 Å². The van der Waals surface area contributed by atoms with Gasteiger partial charge in [-0.15, -0.1) is 35.3 Å². The predicted molar refractivity (Wildman–Crippen MR) is 121 cm³/mol. The van der Waals surface area contributed by atoms with Crippen molar-refractivity contribution in [1.29, 1.82) is 0 Å². The topological polar surface area (TPSA) is 48.7 Å². The van der Waals surface area contributed by atoms with Crippen LogP contribution in [0.5, 0.6) is 0 Å². The van der Waals surface area contributed by atoms with Crippen LogP contribution in [0, 0.1) is 6.92 Å². The summed E-state index contributed by atoms with van der Waals surface area (Å²) in [4.78, 5) is 9.66. The molecule has 0 radical (unpaired) electrons. The molecule has 1 saturated heterocycles. The molecule has 0 amide bonds. The number of nitrogens with zero attached hydrogens (tertiary/aromatic N) is 5. The fourth-order valence-electron chi connectivity index (χ4n) is 3.02. The Bertz CT molecular complexity index is 661. The lowest BCUT2D eigenvalue weighted by Crippen LogP contribution is -2.52. The first-order valence-corrected chi connectivity index (χ1v) is 9.95. The number of aliphatic imine (C=N–C) groups is 1. The molecule has 1 fully saturated rings. The van der Waals surface area contributed by atoms with Crippen molar-refractivity contribution >= 4 is 46.3 Å². The lowest BCUT2D eigenvalue weighted by atomic mass is 10.3. The molecule has 1 aliphatic rings. The molecule has 0 spiro atoms. The first-order chi connectivity index (χ1) is 12.3. The molecule has 3 heterocycles. The number of aryl methyl sites for hydroxylation is 2. The maximum absolute atomic E-state index is 4.82. The van der Waals surface area contributed by atoms with Crippen molar-refractivity contribution in [3.8, 4) is 0 Å². The van der Waals surface area contributed by atoms with Gasteiger partial charge in [0, 0.05) is 52.0 Å². The molecular weight excluding hydrogens is 459 g/mol. The van der Waals surface area contributed by atoms with Crippen molar-refractivity contribution in [2.75, 3.05) is 44.2 Å². The van der Waals surface area contributed by atoms with Crippen molar-refractivity contribution < 1.29 is 0 Å². The second-order valence-corrected chi connectivity index (χ2v) is 7.22. The van der Waals surface area contributed by atoms with Crippen molar-refractivity contribution in [2.45, 2.75) is 26.8 Å². The first kappa shape index (κ1) is 21.0. The second kappa shape index (κ2) is 10.8. The third-order valence-corrected chi connectivity index (χ3v) is 5.23. The van der Waals surface area contributed by atoms with Crippen LogP contribution in [0.3, 0.4) is 0 Å². The van der Waals surface area contributed by atoms with E-state index in [-0.39, 0.29) is 24.0 Å². The van der Waals surface area contributed by atoms with E-state index in [1.165, 1.54) is 10.6 Å². The zero-order valence-corrected chi connectivity index (χ0v) is 18.7. The van der Waals surface area contributed by atoms with Crippen LogP contribution in [-0.4, -0.2) is 59.9 Å². The minimum absolute atomic E-state index is 0. The Kier molecular flexibility index (Phi) is 8.70. The zero-order chi connectivity index (χ0) is 17.5. The van der Waals surface area contributed by atoms with E-state index in [0.717, 1.165) is 58.2 Å². The standard InChI is InChI=1S/C18H28N6S.HI/c1-3-19-18(20-7-5-8-24-15-16(2)14-21-24)23-11-9-22(10-12-23)17-6-4-13-25-17;/h4,6,13-15H,3,5,7-12H2,1-2H3,(H,19,20);1H. The summed E-state index contributed by atoms with van der Waals surface area (Å²) in [6.07, 6.45) is 4.99. The van der Waals surface area contributed by atoms with Gasteiger partial charge in [0.05, 0.1) is 11.2 Å². The second-order valence-electron chi connectivity index (χ2n) is 6.30. The minimum Gasteiger partial charge on any atom is -0.360 e. The Morgan fingerprint density at radius 1 is 1.31 bits per heavy atom. The van der Waals surface area contributed by atoms with Crippen LogP contribution < -0.4 is 10.2 Å². The smallest absolute Gasteiger partial charge is 0.194 e. The largest absolute Gasteiger partial charge is 0.360 e. The summed E-state index contributed by atoms with van der Waals surface area (Å²) < 4.78 is 2.00. The van der Waals surface area contributed by atoms with E-state index in [4.69, 9.17) is 4.99 Å². The molecule has 0 bridgehead atoms. The van der Waals surface area contributed by atoms with Crippen LogP contribution in [0.25, 0.3) is 0 Å². The van der Waals surface area contributed by atoms with Crippen molar-refractivity contribution in [3.05, 3.63) is 35.5 Å². The van der Waals surface area contributed by atoms with Crippen LogP contribution in [0.15, 0.2) is 34.9 Å². The molecule has 3 rings (SSSR count). The third-order valence-electron chi connectivity index (χ3n) is 4.30. The zero-order valence-electron chi connectivity index (χ0n) is 15.6. The Hall–Kier alpha value is -1.29. The highest BCUT2D eigenvalue weighted by Gasteiger charge is 2.20. The van der Waals surface area contributed by atoms with Crippen molar-refractivity contribution in [1.82, 2.24) is 20.0 Å². The summed E-state index contributed by atoms with van der Waals surface area (Å²) in [5.74, 6) is 1.05. The fraction of sp³-hybridized carbons (Fsp3) is 0.556. The molecular formula is C18H29IN6S. The van der Waals surface area contributed by atoms with Crippen LogP contribution in [0.1, 0.15) is 18.9 Å². The van der Waals surface area contributed by atoms with Crippen LogP contribution in [0.4, 0.5) is 5.00 Å². The van der Waals surface area contributed by atoms with Crippen LogP contribution >= 0.6 is 35.3 Å². The van der Waals surface area contributed by atoms with Gasteiger partial charge in [0.15, 0.2) is 5.96 Å². The highest BCUT2D eigenvalue weighted by molar-refractivity contribution is 14.0. The molecule has 0 aliphatic carbocycles. The predicted octanol–water partition coefficient (Wildman–Crippen LogP) is 3.05. The molecule has 26 heavy (non-hydrogen) atoms. The quantitative estimate of drug-likeness (QED) is 0.294. The normalized spacial score (nSPS) is 15.1. The maximum Gasteiger partial charge on any atom is 0.194 e. The lowest BCUT2D eigenvalue weighted by molar-refractivity contribution is 0.373. The highest BCUT2D eigenvalue weighted by atomic mass is 127. The Morgan fingerprint density at radius 2 is 2.12 bits per heavy atom. The van der Waals surface area contributed by atoms with Crippen LogP contribution in [0.2, 0.25) is 0 Å². The maximum atomic E-state index is 4.82. The number of thiophene rings is 1. The Labute approximate surface area is 177 Å². The van der Waals surface area contributed by atoms with Gasteiger partial charge in [-0.3, -0.25) is 9.67 Å². The number of hydrogen-bond donors (Lipinski definition) is 1. The average Bonchev–Trinajstić information content (AvgIpc) is 3.30. The van der Waals surface area contributed by atoms with Gasteiger partial charge in [-0.25, -0.2) is 0 Å². The molecule has 2 aromatic rings. The summed E-state index contributed by atoms with van der Waals surface area (Å²) in [7, 11) is 0. The Morgan fingerprint density at radius 3 is 2.73 bits per heavy atom. The monoisotopic (exact) mass is 488 g/mol. The number of aromatic nitrogens is 2. The molecule has 2 aromatic heterocycles. The molecule has 0 unspecified atom stereocenters. The van der Waals surface area contributed by atoms with E-state index in [9.17, 15) is 0 Å². The number of guanidine groups is 1. The summed E-state index contributed by atoms with van der Waals surface area (Å²) >= 11 is 1.82. The molecule has 8 heteroatoms. The van der Waals surface area contributed by atoms with Gasteiger partial charge in [0.2, 0.25) is 0 Å². The van der Waals surface area contributed by atoms with E-state index in [2.05, 4.69) is 57.8 Å². The SMILES string of the molecule is CCNC(=NCCCn1cc(C)cn1)N1CCN(c2cccs2)CC1.I. The highest BCUT2D eigenvalue weighted by Crippen LogP contribution is 2.22. The van der Waals surface area contributed by atoms with E-state index in [0.29, 0.717) is 0 Å². The summed E-state index contributed by atoms with van der Waals surface area (Å²) in [6, 6.07) is 4.33. The summed E-state index contributed by atoms with van der Waals surface area (Å²) in [5, 5.41) is 11.3. The molecule has 1 N–H and O–H groups in total. The molecule has 0 atom stereocenters. The van der Waals surface area contributed by atoms with E-state index < -0.39 is 0 Å². The Balaban J connectivity index is 0.00000243. The molecule has 144 valence electrons. The molecule has 1 aliphatic heterocycles. The van der Waals surface area contributed by atoms with Gasteiger partial charge in [-0.2, -0.15) is 5.10 Å². The summed E-state index contributed by atoms with van der Waals surface area (Å²) in [5.41, 5.74) is 1.21. The number of anilines is 1. The van der Waals surface area contributed by atoms with Gasteiger partial charge in [-0.1, -0.05) is 0 Å². The fourth-order valence-corrected chi connectivity index (χ4v) is 3.81. The lowest BCUT2D eigenvalue weighted by Gasteiger charge is -2.37. The van der Waals surface area contributed by atoms with E-state index in [1.807, 2.05) is 22.2 Å². The first-order valence-electron chi connectivity index (χ1n) is 9.07. The minimum atomic E-state index is 0. The van der Waals surface area contributed by atoms with E-state index in [1.54, 1.807) is 0 Å². The molecule has 0 saturated carbocycles. The summed E-state index contributed by atoms with van der Waals surface area (Å²) in [6.45, 7) is 11.0. The van der Waals surface area contributed by atoms with Crippen molar-refractivity contribution in [2.24, 2.45) is 4.99 Å². The van der Waals surface area contributed by atoms with Gasteiger partial charge in [0.25, 0.3) is 0 Å². The van der Waals surface area contributed by atoms with E-state index >= 15 is 0 Å². The van der Waals surface area contributed by atoms with Gasteiger partial charge in [0.1, 0.15) is 0 Å². The van der Waals surface area contributed by atoms with Gasteiger partial charge < -0.3 is 15.1 Å². The molecule has 6 nitrogen and oxygen atoms in total. The number of rotatable bonds is 6. The number of halogens is 1.